The quantitative estimate of drug-likeness (QED) is 0.892. The van der Waals surface area contributed by atoms with Gasteiger partial charge >= 0.3 is 5.97 Å². The first kappa shape index (κ1) is 12.7. The summed E-state index contributed by atoms with van der Waals surface area (Å²) in [7, 11) is 3.25. The number of benzene rings is 1. The third-order valence-electron chi connectivity index (χ3n) is 3.75. The van der Waals surface area contributed by atoms with E-state index in [1.165, 1.54) is 0 Å². The van der Waals surface area contributed by atoms with Crippen molar-refractivity contribution in [1.82, 2.24) is 0 Å². The van der Waals surface area contributed by atoms with Crippen LogP contribution in [0.5, 0.6) is 11.5 Å². The summed E-state index contributed by atoms with van der Waals surface area (Å²) in [6, 6.07) is 1.91. The lowest BCUT2D eigenvalue weighted by atomic mass is 9.99. The Bertz CT molecular complexity index is 493. The second-order valence-electron chi connectivity index (χ2n) is 4.74. The molecule has 0 bridgehead atoms. The molecule has 18 heavy (non-hydrogen) atoms. The van der Waals surface area contributed by atoms with Gasteiger partial charge in [-0.2, -0.15) is 0 Å². The number of carboxylic acid groups (broad SMARTS) is 1. The van der Waals surface area contributed by atoms with Crippen molar-refractivity contribution in [3.63, 3.8) is 0 Å². The lowest BCUT2D eigenvalue weighted by molar-refractivity contribution is -0.138. The molecular weight excluding hydrogens is 232 g/mol. The lowest BCUT2D eigenvalue weighted by Gasteiger charge is -2.16. The van der Waals surface area contributed by atoms with E-state index in [2.05, 4.69) is 0 Å². The first-order valence-corrected chi connectivity index (χ1v) is 5.96. The Labute approximate surface area is 107 Å². The third kappa shape index (κ3) is 1.92. The first-order chi connectivity index (χ1) is 8.51. The van der Waals surface area contributed by atoms with E-state index in [0.717, 1.165) is 28.2 Å². The van der Waals surface area contributed by atoms with Crippen molar-refractivity contribution in [3.8, 4) is 11.5 Å². The predicted molar refractivity (Wildman–Crippen MR) is 67.5 cm³/mol. The molecule has 1 aliphatic carbocycles. The molecule has 0 aliphatic heterocycles. The molecule has 0 heterocycles. The minimum atomic E-state index is -0.737. The maximum absolute atomic E-state index is 11.0. The predicted octanol–water partition coefficient (Wildman–Crippen LogP) is 2.51. The van der Waals surface area contributed by atoms with Crippen LogP contribution in [0.4, 0.5) is 0 Å². The van der Waals surface area contributed by atoms with Crippen molar-refractivity contribution in [3.05, 3.63) is 22.8 Å². The molecule has 1 aromatic rings. The highest BCUT2D eigenvalue weighted by atomic mass is 16.5. The van der Waals surface area contributed by atoms with Crippen LogP contribution in [-0.2, 0) is 4.79 Å². The van der Waals surface area contributed by atoms with Gasteiger partial charge in [-0.15, -0.1) is 0 Å². The average molecular weight is 250 g/mol. The molecular formula is C14H18O4. The van der Waals surface area contributed by atoms with Gasteiger partial charge in [0, 0.05) is 11.5 Å². The van der Waals surface area contributed by atoms with Gasteiger partial charge in [-0.3, -0.25) is 4.79 Å². The average Bonchev–Trinajstić information content (AvgIpc) is 3.12. The molecule has 0 spiro atoms. The van der Waals surface area contributed by atoms with E-state index in [1.807, 2.05) is 19.9 Å². The third-order valence-corrected chi connectivity index (χ3v) is 3.75. The molecule has 1 saturated carbocycles. The van der Waals surface area contributed by atoms with Crippen molar-refractivity contribution < 1.29 is 19.4 Å². The molecule has 0 aromatic heterocycles. The standard InChI is InChI=1S/C14H18O4/c1-7-8(2)13(18-4)10(6-12(7)17-3)9-5-11(9)14(15)16/h6,9,11H,5H2,1-4H3,(H,15,16). The van der Waals surface area contributed by atoms with Gasteiger partial charge < -0.3 is 14.6 Å². The summed E-state index contributed by atoms with van der Waals surface area (Å²) in [5.74, 6) is 0.608. The zero-order chi connectivity index (χ0) is 13.4. The molecule has 1 aliphatic rings. The summed E-state index contributed by atoms with van der Waals surface area (Å²) < 4.78 is 10.8. The zero-order valence-corrected chi connectivity index (χ0v) is 11.1. The Hall–Kier alpha value is -1.71. The molecule has 1 aromatic carbocycles. The first-order valence-electron chi connectivity index (χ1n) is 5.96. The number of carbonyl (C=O) groups is 1. The Morgan fingerprint density at radius 3 is 2.39 bits per heavy atom. The summed E-state index contributed by atoms with van der Waals surface area (Å²) >= 11 is 0. The number of carboxylic acids is 1. The number of methoxy groups -OCH3 is 2. The van der Waals surface area contributed by atoms with Crippen molar-refractivity contribution in [2.75, 3.05) is 14.2 Å². The molecule has 2 rings (SSSR count). The number of ether oxygens (including phenoxy) is 2. The zero-order valence-electron chi connectivity index (χ0n) is 11.1. The van der Waals surface area contributed by atoms with E-state index in [0.29, 0.717) is 6.42 Å². The highest BCUT2D eigenvalue weighted by Gasteiger charge is 2.46. The Morgan fingerprint density at radius 2 is 1.94 bits per heavy atom. The molecule has 0 saturated heterocycles. The molecule has 2 atom stereocenters. The molecule has 4 heteroatoms. The largest absolute Gasteiger partial charge is 0.496 e. The monoisotopic (exact) mass is 250 g/mol. The van der Waals surface area contributed by atoms with Crippen molar-refractivity contribution >= 4 is 5.97 Å². The minimum Gasteiger partial charge on any atom is -0.496 e. The van der Waals surface area contributed by atoms with Crippen LogP contribution < -0.4 is 9.47 Å². The molecule has 0 radical (unpaired) electrons. The highest BCUT2D eigenvalue weighted by molar-refractivity contribution is 5.76. The molecule has 98 valence electrons. The van der Waals surface area contributed by atoms with Crippen LogP contribution in [0, 0.1) is 19.8 Å². The SMILES string of the molecule is COc1cc(C2CC2C(=O)O)c(OC)c(C)c1C. The summed E-state index contributed by atoms with van der Waals surface area (Å²) in [6.45, 7) is 3.94. The van der Waals surface area contributed by atoms with E-state index in [4.69, 9.17) is 14.6 Å². The van der Waals surface area contributed by atoms with Gasteiger partial charge in [-0.1, -0.05) is 0 Å². The van der Waals surface area contributed by atoms with Crippen LogP contribution in [0.25, 0.3) is 0 Å². The fraction of sp³-hybridized carbons (Fsp3) is 0.500. The minimum absolute atomic E-state index is 0.0469. The molecule has 0 amide bonds. The van der Waals surface area contributed by atoms with E-state index in [-0.39, 0.29) is 11.8 Å². The molecule has 1 N–H and O–H groups in total. The van der Waals surface area contributed by atoms with Crippen molar-refractivity contribution in [1.29, 1.82) is 0 Å². The van der Waals surface area contributed by atoms with Crippen LogP contribution in [0.3, 0.4) is 0 Å². The van der Waals surface area contributed by atoms with Gasteiger partial charge in [0.05, 0.1) is 20.1 Å². The Kier molecular flexibility index (Phi) is 3.20. The van der Waals surface area contributed by atoms with Crippen LogP contribution >= 0.6 is 0 Å². The van der Waals surface area contributed by atoms with Crippen LogP contribution in [0.2, 0.25) is 0 Å². The summed E-state index contributed by atoms with van der Waals surface area (Å²) in [5.41, 5.74) is 3.00. The summed E-state index contributed by atoms with van der Waals surface area (Å²) in [4.78, 5) is 11.0. The second-order valence-corrected chi connectivity index (χ2v) is 4.74. The number of rotatable bonds is 4. The van der Waals surface area contributed by atoms with Gasteiger partial charge in [-0.05, 0) is 37.5 Å². The lowest BCUT2D eigenvalue weighted by Crippen LogP contribution is -2.03. The van der Waals surface area contributed by atoms with Crippen LogP contribution in [0.1, 0.15) is 29.0 Å². The maximum Gasteiger partial charge on any atom is 0.307 e. The Morgan fingerprint density at radius 1 is 1.28 bits per heavy atom. The number of aliphatic carboxylic acids is 1. The fourth-order valence-electron chi connectivity index (χ4n) is 2.46. The summed E-state index contributed by atoms with van der Waals surface area (Å²) in [5, 5.41) is 9.03. The molecule has 1 fully saturated rings. The van der Waals surface area contributed by atoms with Gasteiger partial charge in [0.15, 0.2) is 0 Å². The van der Waals surface area contributed by atoms with Gasteiger partial charge in [0.25, 0.3) is 0 Å². The molecule has 2 unspecified atom stereocenters. The molecule has 4 nitrogen and oxygen atoms in total. The van der Waals surface area contributed by atoms with Crippen LogP contribution in [-0.4, -0.2) is 25.3 Å². The fourth-order valence-corrected chi connectivity index (χ4v) is 2.46. The van der Waals surface area contributed by atoms with E-state index < -0.39 is 5.97 Å². The highest BCUT2D eigenvalue weighted by Crippen LogP contribution is 2.52. The number of hydrogen-bond donors (Lipinski definition) is 1. The van der Waals surface area contributed by atoms with Gasteiger partial charge in [0.1, 0.15) is 11.5 Å². The normalized spacial score (nSPS) is 21.6. The smallest absolute Gasteiger partial charge is 0.307 e. The van der Waals surface area contributed by atoms with Crippen molar-refractivity contribution in [2.24, 2.45) is 5.92 Å². The van der Waals surface area contributed by atoms with Crippen molar-refractivity contribution in [2.45, 2.75) is 26.2 Å². The second kappa shape index (κ2) is 4.52. The Balaban J connectivity index is 2.47. The number of hydrogen-bond acceptors (Lipinski definition) is 3. The maximum atomic E-state index is 11.0. The van der Waals surface area contributed by atoms with Crippen LogP contribution in [0.15, 0.2) is 6.07 Å². The summed E-state index contributed by atoms with van der Waals surface area (Å²) in [6.07, 6.45) is 0.678. The topological polar surface area (TPSA) is 55.8 Å². The van der Waals surface area contributed by atoms with E-state index in [9.17, 15) is 4.79 Å². The van der Waals surface area contributed by atoms with Gasteiger partial charge in [0.2, 0.25) is 0 Å². The van der Waals surface area contributed by atoms with E-state index in [1.54, 1.807) is 14.2 Å². The van der Waals surface area contributed by atoms with Gasteiger partial charge in [-0.25, -0.2) is 0 Å². The van der Waals surface area contributed by atoms with E-state index >= 15 is 0 Å².